The first-order chi connectivity index (χ1) is 18.8. The molecule has 0 aromatic heterocycles. The van der Waals surface area contributed by atoms with Gasteiger partial charge in [0.2, 0.25) is 12.5 Å². The Bertz CT molecular complexity index is 1400. The topological polar surface area (TPSA) is 89.9 Å². The fraction of sp³-hybridized carbons (Fsp3) is 0.367. The summed E-state index contributed by atoms with van der Waals surface area (Å²) in [5.41, 5.74) is 4.89. The Labute approximate surface area is 239 Å². The average molecular weight is 569 g/mol. The Balaban J connectivity index is 0.00000323. The first-order valence-corrected chi connectivity index (χ1v) is 12.9. The molecule has 9 nitrogen and oxygen atoms in total. The van der Waals surface area contributed by atoms with Crippen molar-refractivity contribution < 1.29 is 33.6 Å². The predicted molar refractivity (Wildman–Crippen MR) is 153 cm³/mol. The molecule has 1 fully saturated rings. The van der Waals surface area contributed by atoms with Crippen molar-refractivity contribution in [3.05, 3.63) is 65.2 Å². The van der Waals surface area contributed by atoms with Gasteiger partial charge in [-0.15, -0.1) is 12.4 Å². The minimum atomic E-state index is -0.467. The third-order valence-electron chi connectivity index (χ3n) is 8.20. The lowest BCUT2D eigenvalue weighted by molar-refractivity contribution is -0.141. The van der Waals surface area contributed by atoms with Crippen LogP contribution in [0, 0.1) is 11.8 Å². The van der Waals surface area contributed by atoms with Gasteiger partial charge in [-0.2, -0.15) is 0 Å². The molecule has 1 saturated heterocycles. The number of fused-ring (bicyclic) bond motifs is 3. The molecule has 4 atom stereocenters. The van der Waals surface area contributed by atoms with Gasteiger partial charge >= 0.3 is 5.97 Å². The number of hydrogen-bond donors (Lipinski definition) is 1. The van der Waals surface area contributed by atoms with Gasteiger partial charge in [-0.1, -0.05) is 0 Å². The van der Waals surface area contributed by atoms with E-state index in [1.54, 1.807) is 12.1 Å². The minimum Gasteiger partial charge on any atom is -0.502 e. The Kier molecular flexibility index (Phi) is 7.27. The predicted octanol–water partition coefficient (Wildman–Crippen LogP) is 4.74. The molecule has 0 saturated carbocycles. The molecule has 3 aromatic carbocycles. The lowest BCUT2D eigenvalue weighted by Gasteiger charge is -2.44. The summed E-state index contributed by atoms with van der Waals surface area (Å²) >= 11 is 0. The molecule has 1 N–H and O–H groups in total. The van der Waals surface area contributed by atoms with Gasteiger partial charge in [-0.05, 0) is 65.2 Å². The summed E-state index contributed by atoms with van der Waals surface area (Å²) in [5.74, 6) is 0.542. The monoisotopic (exact) mass is 568 g/mol. The van der Waals surface area contributed by atoms with Gasteiger partial charge < -0.3 is 38.6 Å². The number of halogens is 1. The van der Waals surface area contributed by atoms with Crippen molar-refractivity contribution in [2.75, 3.05) is 58.6 Å². The van der Waals surface area contributed by atoms with Crippen molar-refractivity contribution in [2.45, 2.75) is 12.0 Å². The Morgan fingerprint density at radius 2 is 1.43 bits per heavy atom. The Morgan fingerprint density at radius 1 is 0.850 bits per heavy atom. The lowest BCUT2D eigenvalue weighted by Crippen LogP contribution is -2.41. The molecule has 0 bridgehead atoms. The minimum absolute atomic E-state index is 0. The molecule has 10 heteroatoms. The summed E-state index contributed by atoms with van der Waals surface area (Å²) in [5, 5.41) is 10.6. The number of carbonyl (C=O) groups is 1. The van der Waals surface area contributed by atoms with Crippen molar-refractivity contribution >= 4 is 29.8 Å². The van der Waals surface area contributed by atoms with Crippen LogP contribution in [0.5, 0.6) is 28.7 Å². The Morgan fingerprint density at radius 3 is 2.00 bits per heavy atom. The third-order valence-corrected chi connectivity index (χ3v) is 8.20. The van der Waals surface area contributed by atoms with Gasteiger partial charge in [-0.3, -0.25) is 4.79 Å². The quantitative estimate of drug-likeness (QED) is 0.424. The molecular weight excluding hydrogens is 536 g/mol. The van der Waals surface area contributed by atoms with Crippen molar-refractivity contribution in [3.63, 3.8) is 0 Å². The number of anilines is 2. The second-order valence-electron chi connectivity index (χ2n) is 10.4. The van der Waals surface area contributed by atoms with E-state index in [-0.39, 0.29) is 60.3 Å². The van der Waals surface area contributed by atoms with Crippen LogP contribution in [0.2, 0.25) is 0 Å². The SMILES string of the molecule is COc1cc(C2c3cc4c(cc3[C@@H](N(C)c3ccc(N(C)C)cc3)C3COC(=O)C23)OCO4)cc(OC)c1O.Cl. The van der Waals surface area contributed by atoms with Gasteiger partial charge in [0, 0.05) is 44.4 Å². The second-order valence-corrected chi connectivity index (χ2v) is 10.4. The average Bonchev–Trinajstić information content (AvgIpc) is 3.56. The summed E-state index contributed by atoms with van der Waals surface area (Å²) in [6, 6.07) is 15.7. The number of methoxy groups -OCH3 is 2. The van der Waals surface area contributed by atoms with E-state index in [9.17, 15) is 9.90 Å². The molecule has 0 amide bonds. The van der Waals surface area contributed by atoms with E-state index in [1.807, 2.05) is 26.2 Å². The zero-order chi connectivity index (χ0) is 27.4. The number of rotatable bonds is 6. The highest BCUT2D eigenvalue weighted by atomic mass is 35.5. The molecule has 0 radical (unpaired) electrons. The third kappa shape index (κ3) is 4.29. The number of aromatic hydroxyl groups is 1. The van der Waals surface area contributed by atoms with Crippen molar-refractivity contribution in [2.24, 2.45) is 11.8 Å². The zero-order valence-corrected chi connectivity index (χ0v) is 23.9. The molecule has 40 heavy (non-hydrogen) atoms. The van der Waals surface area contributed by atoms with E-state index in [2.05, 4.69) is 41.1 Å². The highest BCUT2D eigenvalue weighted by Crippen LogP contribution is 2.57. The van der Waals surface area contributed by atoms with Crippen LogP contribution in [0.15, 0.2) is 48.5 Å². The highest BCUT2D eigenvalue weighted by molar-refractivity contribution is 5.85. The van der Waals surface area contributed by atoms with Crippen molar-refractivity contribution in [1.82, 2.24) is 0 Å². The summed E-state index contributed by atoms with van der Waals surface area (Å²) in [6.07, 6.45) is 0. The van der Waals surface area contributed by atoms with E-state index >= 15 is 0 Å². The summed E-state index contributed by atoms with van der Waals surface area (Å²) in [7, 11) is 9.06. The van der Waals surface area contributed by atoms with E-state index in [1.165, 1.54) is 14.2 Å². The van der Waals surface area contributed by atoms with Crippen LogP contribution in [-0.4, -0.2) is 59.8 Å². The molecule has 2 heterocycles. The van der Waals surface area contributed by atoms with Gasteiger partial charge in [0.15, 0.2) is 23.0 Å². The number of phenols is 1. The molecule has 3 aromatic rings. The van der Waals surface area contributed by atoms with Crippen LogP contribution in [0.4, 0.5) is 11.4 Å². The molecule has 3 unspecified atom stereocenters. The summed E-state index contributed by atoms with van der Waals surface area (Å²) in [6.45, 7) is 0.441. The smallest absolute Gasteiger partial charge is 0.310 e. The van der Waals surface area contributed by atoms with Crippen LogP contribution in [0.1, 0.15) is 28.7 Å². The van der Waals surface area contributed by atoms with Crippen LogP contribution in [0.3, 0.4) is 0 Å². The largest absolute Gasteiger partial charge is 0.502 e. The maximum atomic E-state index is 13.4. The molecule has 3 aliphatic rings. The number of phenolic OH excluding ortho intramolecular Hbond substituents is 1. The standard InChI is InChI=1S/C30H32N2O7.ClH/c1-31(2)17-6-8-18(9-7-17)32(3)28-20-13-23-22(38-15-39-23)12-19(20)26(27-21(28)14-37-30(27)34)16-10-24(35-4)29(33)25(11-16)36-5;/h6-13,21,26-28,33H,14-15H2,1-5H3;1H/t21?,26?,27?,28-;/m1./s1. The molecular formula is C30H33ClN2O7. The lowest BCUT2D eigenvalue weighted by atomic mass is 9.65. The van der Waals surface area contributed by atoms with Gasteiger partial charge in [-0.25, -0.2) is 0 Å². The van der Waals surface area contributed by atoms with E-state index in [0.717, 1.165) is 28.1 Å². The number of hydrogen-bond acceptors (Lipinski definition) is 9. The molecule has 212 valence electrons. The summed E-state index contributed by atoms with van der Waals surface area (Å²) in [4.78, 5) is 17.7. The molecule has 6 rings (SSSR count). The van der Waals surface area contributed by atoms with Crippen LogP contribution in [-0.2, 0) is 9.53 Å². The van der Waals surface area contributed by atoms with Crippen LogP contribution in [0.25, 0.3) is 0 Å². The van der Waals surface area contributed by atoms with E-state index in [0.29, 0.717) is 18.1 Å². The first kappa shape index (κ1) is 27.6. The number of ether oxygens (including phenoxy) is 5. The van der Waals surface area contributed by atoms with Gasteiger partial charge in [0.25, 0.3) is 0 Å². The van der Waals surface area contributed by atoms with Gasteiger partial charge in [0.05, 0.1) is 32.8 Å². The van der Waals surface area contributed by atoms with Gasteiger partial charge in [0.1, 0.15) is 0 Å². The van der Waals surface area contributed by atoms with Crippen LogP contribution >= 0.6 is 12.4 Å². The number of nitrogens with zero attached hydrogens (tertiary/aromatic N) is 2. The maximum Gasteiger partial charge on any atom is 0.310 e. The first-order valence-electron chi connectivity index (χ1n) is 12.9. The summed E-state index contributed by atoms with van der Waals surface area (Å²) < 4.78 is 28.2. The van der Waals surface area contributed by atoms with Crippen molar-refractivity contribution in [3.8, 4) is 28.7 Å². The van der Waals surface area contributed by atoms with E-state index < -0.39 is 5.92 Å². The fourth-order valence-electron chi connectivity index (χ4n) is 6.27. The number of cyclic esters (lactones) is 1. The Hall–Kier alpha value is -3.98. The van der Waals surface area contributed by atoms with Crippen LogP contribution < -0.4 is 28.7 Å². The normalized spacial score (nSPS) is 22.0. The maximum absolute atomic E-state index is 13.4. The number of benzene rings is 3. The number of carbonyl (C=O) groups excluding carboxylic acids is 1. The molecule has 0 spiro atoms. The highest BCUT2D eigenvalue weighted by Gasteiger charge is 2.53. The molecule has 1 aliphatic carbocycles. The fourth-order valence-corrected chi connectivity index (χ4v) is 6.27. The second kappa shape index (κ2) is 10.5. The zero-order valence-electron chi connectivity index (χ0n) is 23.0. The van der Waals surface area contributed by atoms with Crippen molar-refractivity contribution in [1.29, 1.82) is 0 Å². The van der Waals surface area contributed by atoms with E-state index in [4.69, 9.17) is 23.7 Å². The molecule has 2 aliphatic heterocycles. The number of esters is 1.